The normalized spacial score (nSPS) is 25.1. The third kappa shape index (κ3) is 12.7. The van der Waals surface area contributed by atoms with Crippen LogP contribution in [0.3, 0.4) is 0 Å². The molecule has 0 amide bonds. The van der Waals surface area contributed by atoms with Gasteiger partial charge in [-0.3, -0.25) is 0 Å². The molecular weight excluding hydrogens is 456 g/mol. The van der Waals surface area contributed by atoms with E-state index in [0.717, 1.165) is 38.5 Å². The molecule has 0 spiro atoms. The summed E-state index contributed by atoms with van der Waals surface area (Å²) in [7, 11) is 0. The summed E-state index contributed by atoms with van der Waals surface area (Å²) in [5.74, 6) is -0.702. The third-order valence-corrected chi connectivity index (χ3v) is 9.36. The van der Waals surface area contributed by atoms with Crippen molar-refractivity contribution < 1.29 is 14.2 Å². The molecule has 0 heterocycles. The monoisotopic (exact) mass is 520 g/mol. The van der Waals surface area contributed by atoms with Crippen LogP contribution in [0.15, 0.2) is 0 Å². The van der Waals surface area contributed by atoms with Crippen molar-refractivity contribution in [3.05, 3.63) is 0 Å². The van der Waals surface area contributed by atoms with Crippen LogP contribution in [0, 0.1) is 5.92 Å². The van der Waals surface area contributed by atoms with Gasteiger partial charge in [0.2, 0.25) is 0 Å². The van der Waals surface area contributed by atoms with Crippen LogP contribution in [-0.2, 0) is 14.2 Å². The molecule has 3 fully saturated rings. The zero-order valence-electron chi connectivity index (χ0n) is 25.1. The Hall–Kier alpha value is -0.120. The fourth-order valence-electron chi connectivity index (χ4n) is 6.86. The lowest BCUT2D eigenvalue weighted by molar-refractivity contribution is -0.438. The number of ether oxygens (including phenoxy) is 3. The Bertz CT molecular complexity index is 448. The molecule has 0 radical (unpaired) electrons. The first kappa shape index (κ1) is 31.4. The zero-order valence-corrected chi connectivity index (χ0v) is 25.1. The average molecular weight is 521 g/mol. The molecule has 0 aromatic carbocycles. The highest BCUT2D eigenvalue weighted by atomic mass is 16.9. The highest BCUT2D eigenvalue weighted by Crippen LogP contribution is 2.37. The maximum atomic E-state index is 7.19. The van der Waals surface area contributed by atoms with Crippen LogP contribution in [0.1, 0.15) is 187 Å². The Morgan fingerprint density at radius 3 is 0.730 bits per heavy atom. The van der Waals surface area contributed by atoms with Gasteiger partial charge in [0.25, 0.3) is 5.97 Å². The third-order valence-electron chi connectivity index (χ3n) is 9.36. The molecule has 0 aromatic rings. The Kier molecular flexibility index (Phi) is 16.2. The first-order chi connectivity index (χ1) is 18.2. The van der Waals surface area contributed by atoms with Crippen molar-refractivity contribution in [2.45, 2.75) is 211 Å². The molecule has 3 aliphatic carbocycles. The molecule has 3 aliphatic rings. The van der Waals surface area contributed by atoms with Crippen molar-refractivity contribution in [2.24, 2.45) is 5.92 Å². The zero-order chi connectivity index (χ0) is 26.0. The summed E-state index contributed by atoms with van der Waals surface area (Å²) >= 11 is 0. The molecule has 3 rings (SSSR count). The van der Waals surface area contributed by atoms with E-state index in [9.17, 15) is 0 Å². The van der Waals surface area contributed by atoms with Crippen molar-refractivity contribution in [3.63, 3.8) is 0 Å². The van der Waals surface area contributed by atoms with Gasteiger partial charge < -0.3 is 14.2 Å². The van der Waals surface area contributed by atoms with Crippen LogP contribution < -0.4 is 0 Å². The molecule has 0 saturated heterocycles. The fraction of sp³-hybridized carbons (Fsp3) is 1.00. The summed E-state index contributed by atoms with van der Waals surface area (Å²) < 4.78 is 21.6. The van der Waals surface area contributed by atoms with Crippen LogP contribution in [0.2, 0.25) is 0 Å². The molecule has 218 valence electrons. The van der Waals surface area contributed by atoms with Crippen molar-refractivity contribution in [2.75, 3.05) is 0 Å². The summed E-state index contributed by atoms with van der Waals surface area (Å²) in [5, 5.41) is 0. The van der Waals surface area contributed by atoms with E-state index in [-0.39, 0.29) is 24.2 Å². The van der Waals surface area contributed by atoms with Crippen LogP contribution in [0.4, 0.5) is 0 Å². The van der Waals surface area contributed by atoms with Gasteiger partial charge in [-0.2, -0.15) is 0 Å². The van der Waals surface area contributed by atoms with Crippen molar-refractivity contribution in [1.82, 2.24) is 0 Å². The summed E-state index contributed by atoms with van der Waals surface area (Å²) in [4.78, 5) is 0. The maximum absolute atomic E-state index is 7.19. The lowest BCUT2D eigenvalue weighted by atomic mass is 9.97. The molecule has 0 bridgehead atoms. The predicted octanol–water partition coefficient (Wildman–Crippen LogP) is 11.0. The van der Waals surface area contributed by atoms with Crippen LogP contribution in [-0.4, -0.2) is 24.3 Å². The highest BCUT2D eigenvalue weighted by molar-refractivity contribution is 4.76. The van der Waals surface area contributed by atoms with Gasteiger partial charge in [0.1, 0.15) is 0 Å². The van der Waals surface area contributed by atoms with E-state index < -0.39 is 5.97 Å². The van der Waals surface area contributed by atoms with Gasteiger partial charge in [0.15, 0.2) is 0 Å². The molecule has 37 heavy (non-hydrogen) atoms. The second-order valence-corrected chi connectivity index (χ2v) is 13.1. The van der Waals surface area contributed by atoms with Gasteiger partial charge in [0.05, 0.1) is 18.3 Å². The van der Waals surface area contributed by atoms with Crippen LogP contribution >= 0.6 is 0 Å². The minimum Gasteiger partial charge on any atom is -0.324 e. The van der Waals surface area contributed by atoms with Crippen molar-refractivity contribution >= 4 is 0 Å². The molecule has 0 N–H and O–H groups in total. The Labute approximate surface area is 231 Å². The standard InChI is InChI=1S/C34H64O3/c1-30(2)34(35-31-24-18-12-6-3-7-13-19-25-31,36-32-26-20-14-8-4-9-15-21-27-32)37-33-28-22-16-10-5-11-17-23-29-33/h30-33H,3-29H2,1-2H3. The minimum atomic E-state index is -0.891. The summed E-state index contributed by atoms with van der Waals surface area (Å²) in [5.41, 5.74) is 0. The summed E-state index contributed by atoms with van der Waals surface area (Å²) in [6.45, 7) is 4.58. The Morgan fingerprint density at radius 2 is 0.541 bits per heavy atom. The summed E-state index contributed by atoms with van der Waals surface area (Å²) in [6, 6.07) is 0. The first-order valence-electron chi connectivity index (χ1n) is 17.2. The lowest BCUT2D eigenvalue weighted by Crippen LogP contribution is -2.51. The van der Waals surface area contributed by atoms with E-state index in [1.54, 1.807) is 0 Å². The Balaban J connectivity index is 1.77. The van der Waals surface area contributed by atoms with Gasteiger partial charge in [-0.25, -0.2) is 0 Å². The predicted molar refractivity (Wildman–Crippen MR) is 157 cm³/mol. The lowest BCUT2D eigenvalue weighted by Gasteiger charge is -2.44. The molecule has 0 atom stereocenters. The summed E-state index contributed by atoms with van der Waals surface area (Å²) in [6.07, 6.45) is 36.1. The molecule has 3 nitrogen and oxygen atoms in total. The van der Waals surface area contributed by atoms with Crippen LogP contribution in [0.5, 0.6) is 0 Å². The van der Waals surface area contributed by atoms with E-state index >= 15 is 0 Å². The van der Waals surface area contributed by atoms with Crippen molar-refractivity contribution in [1.29, 1.82) is 0 Å². The Morgan fingerprint density at radius 1 is 0.351 bits per heavy atom. The van der Waals surface area contributed by atoms with E-state index in [2.05, 4.69) is 13.8 Å². The molecule has 0 aromatic heterocycles. The fourth-order valence-corrected chi connectivity index (χ4v) is 6.86. The van der Waals surface area contributed by atoms with Gasteiger partial charge in [-0.15, -0.1) is 0 Å². The SMILES string of the molecule is CC(C)C(OC1CCCCCCCCC1)(OC1CCCCCCCCC1)OC1CCCCCCCCC1. The second-order valence-electron chi connectivity index (χ2n) is 13.1. The molecule has 0 unspecified atom stereocenters. The van der Waals surface area contributed by atoms with Gasteiger partial charge in [0, 0.05) is 5.92 Å². The van der Waals surface area contributed by atoms with Crippen molar-refractivity contribution in [3.8, 4) is 0 Å². The topological polar surface area (TPSA) is 27.7 Å². The van der Waals surface area contributed by atoms with E-state index in [1.165, 1.54) is 135 Å². The number of hydrogen-bond donors (Lipinski definition) is 0. The molecule has 3 saturated carbocycles. The number of rotatable bonds is 7. The quantitative estimate of drug-likeness (QED) is 0.312. The smallest absolute Gasteiger partial charge is 0.286 e. The molecule has 0 aliphatic heterocycles. The van der Waals surface area contributed by atoms with Gasteiger partial charge >= 0.3 is 0 Å². The largest absolute Gasteiger partial charge is 0.324 e. The van der Waals surface area contributed by atoms with Gasteiger partial charge in [-0.05, 0) is 38.5 Å². The first-order valence-corrected chi connectivity index (χ1v) is 17.2. The average Bonchev–Trinajstić information content (AvgIpc) is 2.90. The highest BCUT2D eigenvalue weighted by Gasteiger charge is 2.44. The van der Waals surface area contributed by atoms with Crippen LogP contribution in [0.25, 0.3) is 0 Å². The molecular formula is C34H64O3. The van der Waals surface area contributed by atoms with E-state index in [0.29, 0.717) is 0 Å². The second kappa shape index (κ2) is 19.0. The molecule has 3 heteroatoms. The van der Waals surface area contributed by atoms with Gasteiger partial charge in [-0.1, -0.05) is 149 Å². The maximum Gasteiger partial charge on any atom is 0.286 e. The van der Waals surface area contributed by atoms with E-state index in [4.69, 9.17) is 14.2 Å². The minimum absolute atomic E-state index is 0.189. The number of hydrogen-bond acceptors (Lipinski definition) is 3. The van der Waals surface area contributed by atoms with E-state index in [1.807, 2.05) is 0 Å².